The van der Waals surface area contributed by atoms with Crippen molar-refractivity contribution in [2.75, 3.05) is 32.8 Å². The van der Waals surface area contributed by atoms with Gasteiger partial charge in [0, 0.05) is 25.7 Å². The predicted octanol–water partition coefficient (Wildman–Crippen LogP) is 1.63. The number of ether oxygens (including phenoxy) is 1. The van der Waals surface area contributed by atoms with Crippen molar-refractivity contribution in [3.63, 3.8) is 0 Å². The van der Waals surface area contributed by atoms with Crippen LogP contribution >= 0.6 is 0 Å². The lowest BCUT2D eigenvalue weighted by atomic mass is 9.92. The van der Waals surface area contributed by atoms with E-state index in [4.69, 9.17) is 4.74 Å². The third-order valence-electron chi connectivity index (χ3n) is 4.85. The minimum Gasteiger partial charge on any atom is -0.376 e. The number of likely N-dealkylation sites (tertiary alicyclic amines) is 1. The number of morpholine rings is 1. The first-order chi connectivity index (χ1) is 8.43. The van der Waals surface area contributed by atoms with Gasteiger partial charge in [-0.25, -0.2) is 0 Å². The first-order valence-electron chi connectivity index (χ1n) is 7.50. The molecule has 3 heteroatoms. The third-order valence-corrected chi connectivity index (χ3v) is 4.85. The van der Waals surface area contributed by atoms with Gasteiger partial charge in [-0.05, 0) is 44.6 Å². The average Bonchev–Trinajstić information content (AvgIpc) is 2.86. The number of hydrogen-bond donors (Lipinski definition) is 1. The Morgan fingerprint density at radius 1 is 1.18 bits per heavy atom. The van der Waals surface area contributed by atoms with E-state index in [0.29, 0.717) is 6.10 Å². The summed E-state index contributed by atoms with van der Waals surface area (Å²) >= 11 is 0. The molecular weight excluding hydrogens is 212 g/mol. The zero-order valence-electron chi connectivity index (χ0n) is 10.9. The fraction of sp³-hybridized carbons (Fsp3) is 1.00. The molecule has 0 radical (unpaired) electrons. The van der Waals surface area contributed by atoms with Gasteiger partial charge in [-0.2, -0.15) is 0 Å². The Labute approximate surface area is 105 Å². The van der Waals surface area contributed by atoms with Gasteiger partial charge in [-0.15, -0.1) is 0 Å². The van der Waals surface area contributed by atoms with Crippen LogP contribution in [0.5, 0.6) is 0 Å². The van der Waals surface area contributed by atoms with E-state index in [1.165, 1.54) is 51.6 Å². The van der Waals surface area contributed by atoms with Crippen LogP contribution in [-0.2, 0) is 4.74 Å². The highest BCUT2D eigenvalue weighted by atomic mass is 16.5. The molecule has 3 rings (SSSR count). The Balaban J connectivity index is 1.47. The summed E-state index contributed by atoms with van der Waals surface area (Å²) in [5.41, 5.74) is 0. The van der Waals surface area contributed by atoms with Crippen LogP contribution in [-0.4, -0.2) is 49.8 Å². The van der Waals surface area contributed by atoms with Crippen LogP contribution in [0.1, 0.15) is 38.5 Å². The topological polar surface area (TPSA) is 24.5 Å². The van der Waals surface area contributed by atoms with E-state index in [9.17, 15) is 0 Å². The molecule has 0 bridgehead atoms. The zero-order valence-corrected chi connectivity index (χ0v) is 10.9. The van der Waals surface area contributed by atoms with E-state index in [0.717, 1.165) is 31.7 Å². The molecule has 1 saturated carbocycles. The van der Waals surface area contributed by atoms with E-state index in [2.05, 4.69) is 10.2 Å². The molecule has 2 aliphatic heterocycles. The van der Waals surface area contributed by atoms with Gasteiger partial charge >= 0.3 is 0 Å². The van der Waals surface area contributed by atoms with Gasteiger partial charge in [0.15, 0.2) is 0 Å². The molecule has 0 aromatic carbocycles. The first kappa shape index (κ1) is 11.9. The molecule has 3 unspecified atom stereocenters. The van der Waals surface area contributed by atoms with E-state index < -0.39 is 0 Å². The zero-order chi connectivity index (χ0) is 11.5. The second kappa shape index (κ2) is 5.68. The van der Waals surface area contributed by atoms with Crippen molar-refractivity contribution < 1.29 is 4.74 Å². The fourth-order valence-electron chi connectivity index (χ4n) is 3.95. The molecular formula is C14H26N2O. The minimum atomic E-state index is 0.463. The standard InChI is InChI=1S/C14H26N2O/c1-3-12-4-2-8-16(14(12)5-1)9-6-13-11-15-7-10-17-13/h12-15H,1-11H2. The molecule has 1 N–H and O–H groups in total. The van der Waals surface area contributed by atoms with Crippen molar-refractivity contribution in [1.82, 2.24) is 10.2 Å². The summed E-state index contributed by atoms with van der Waals surface area (Å²) in [5, 5.41) is 3.43. The fourth-order valence-corrected chi connectivity index (χ4v) is 3.95. The number of hydrogen-bond acceptors (Lipinski definition) is 3. The highest BCUT2D eigenvalue weighted by Gasteiger charge is 2.34. The average molecular weight is 238 g/mol. The van der Waals surface area contributed by atoms with Gasteiger partial charge < -0.3 is 15.0 Å². The largest absolute Gasteiger partial charge is 0.376 e. The number of nitrogens with zero attached hydrogens (tertiary/aromatic N) is 1. The van der Waals surface area contributed by atoms with Crippen LogP contribution in [0.15, 0.2) is 0 Å². The predicted molar refractivity (Wildman–Crippen MR) is 69.2 cm³/mol. The molecule has 3 nitrogen and oxygen atoms in total. The second-order valence-electron chi connectivity index (χ2n) is 5.92. The van der Waals surface area contributed by atoms with Crippen LogP contribution in [0.3, 0.4) is 0 Å². The van der Waals surface area contributed by atoms with Crippen LogP contribution < -0.4 is 5.32 Å². The highest BCUT2D eigenvalue weighted by Crippen LogP contribution is 2.36. The highest BCUT2D eigenvalue weighted by molar-refractivity contribution is 4.89. The maximum absolute atomic E-state index is 5.79. The van der Waals surface area contributed by atoms with E-state index in [-0.39, 0.29) is 0 Å². The molecule has 98 valence electrons. The second-order valence-corrected chi connectivity index (χ2v) is 5.92. The maximum Gasteiger partial charge on any atom is 0.0712 e. The summed E-state index contributed by atoms with van der Waals surface area (Å²) in [7, 11) is 0. The Bertz CT molecular complexity index is 240. The summed E-state index contributed by atoms with van der Waals surface area (Å²) in [6.07, 6.45) is 9.00. The van der Waals surface area contributed by atoms with Crippen LogP contribution in [0.4, 0.5) is 0 Å². The molecule has 3 aliphatic rings. The van der Waals surface area contributed by atoms with Crippen molar-refractivity contribution in [3.8, 4) is 0 Å². The summed E-state index contributed by atoms with van der Waals surface area (Å²) in [6.45, 7) is 5.58. The molecule has 2 heterocycles. The molecule has 0 aromatic rings. The molecule has 0 aromatic heterocycles. The minimum absolute atomic E-state index is 0.463. The third kappa shape index (κ3) is 2.83. The smallest absolute Gasteiger partial charge is 0.0712 e. The molecule has 3 atom stereocenters. The molecule has 0 spiro atoms. The quantitative estimate of drug-likeness (QED) is 0.809. The molecule has 2 saturated heterocycles. The van der Waals surface area contributed by atoms with E-state index in [1.807, 2.05) is 0 Å². The SMILES string of the molecule is C1CC2CCCN(CCC3CNCCO3)C2C1. The lowest BCUT2D eigenvalue weighted by molar-refractivity contribution is 0.00916. The Morgan fingerprint density at radius 3 is 3.00 bits per heavy atom. The normalized spacial score (nSPS) is 39.2. The van der Waals surface area contributed by atoms with Gasteiger partial charge in [-0.1, -0.05) is 6.42 Å². The number of rotatable bonds is 3. The lowest BCUT2D eigenvalue weighted by Crippen LogP contribution is -2.45. The van der Waals surface area contributed by atoms with Crippen molar-refractivity contribution >= 4 is 0 Å². The van der Waals surface area contributed by atoms with Crippen molar-refractivity contribution in [1.29, 1.82) is 0 Å². The number of fused-ring (bicyclic) bond motifs is 1. The summed E-state index contributed by atoms with van der Waals surface area (Å²) in [6, 6.07) is 0.917. The maximum atomic E-state index is 5.79. The van der Waals surface area contributed by atoms with E-state index in [1.54, 1.807) is 0 Å². The van der Waals surface area contributed by atoms with Crippen molar-refractivity contribution in [3.05, 3.63) is 0 Å². The monoisotopic (exact) mass is 238 g/mol. The van der Waals surface area contributed by atoms with Gasteiger partial charge in [0.25, 0.3) is 0 Å². The Hall–Kier alpha value is -0.120. The summed E-state index contributed by atoms with van der Waals surface area (Å²) < 4.78 is 5.79. The summed E-state index contributed by atoms with van der Waals surface area (Å²) in [5.74, 6) is 1.02. The van der Waals surface area contributed by atoms with E-state index >= 15 is 0 Å². The Kier molecular flexibility index (Phi) is 3.99. The van der Waals surface area contributed by atoms with Gasteiger partial charge in [0.2, 0.25) is 0 Å². The molecule has 1 aliphatic carbocycles. The number of nitrogens with one attached hydrogen (secondary N) is 1. The van der Waals surface area contributed by atoms with Gasteiger partial charge in [-0.3, -0.25) is 0 Å². The van der Waals surface area contributed by atoms with Crippen LogP contribution in [0, 0.1) is 5.92 Å². The molecule has 0 amide bonds. The van der Waals surface area contributed by atoms with Crippen molar-refractivity contribution in [2.24, 2.45) is 5.92 Å². The number of piperidine rings is 1. The van der Waals surface area contributed by atoms with Gasteiger partial charge in [0.1, 0.15) is 0 Å². The van der Waals surface area contributed by atoms with Crippen LogP contribution in [0.25, 0.3) is 0 Å². The molecule has 17 heavy (non-hydrogen) atoms. The lowest BCUT2D eigenvalue weighted by Gasteiger charge is -2.38. The summed E-state index contributed by atoms with van der Waals surface area (Å²) in [4.78, 5) is 2.76. The molecule has 3 fully saturated rings. The van der Waals surface area contributed by atoms with Crippen LogP contribution in [0.2, 0.25) is 0 Å². The Morgan fingerprint density at radius 2 is 2.12 bits per heavy atom. The first-order valence-corrected chi connectivity index (χ1v) is 7.50. The van der Waals surface area contributed by atoms with Crippen molar-refractivity contribution in [2.45, 2.75) is 50.7 Å². The van der Waals surface area contributed by atoms with Gasteiger partial charge in [0.05, 0.1) is 12.7 Å².